The summed E-state index contributed by atoms with van der Waals surface area (Å²) in [5, 5.41) is 0. The van der Waals surface area contributed by atoms with Crippen LogP contribution in [-0.4, -0.2) is 5.75 Å². The van der Waals surface area contributed by atoms with Crippen molar-refractivity contribution in [3.05, 3.63) is 64.5 Å². The third-order valence-electron chi connectivity index (χ3n) is 3.35. The first-order valence-electron chi connectivity index (χ1n) is 6.69. The van der Waals surface area contributed by atoms with Crippen LogP contribution in [0.4, 0.5) is 4.39 Å². The SMILES string of the molecule is Cc1cc(C)c(C(N)CSc2ccc(F)cc2)c(C)c1. The first-order chi connectivity index (χ1) is 9.47. The van der Waals surface area contributed by atoms with Crippen LogP contribution in [0, 0.1) is 26.6 Å². The monoisotopic (exact) mass is 289 g/mol. The maximum absolute atomic E-state index is 12.9. The van der Waals surface area contributed by atoms with Gasteiger partial charge in [0.2, 0.25) is 0 Å². The van der Waals surface area contributed by atoms with Crippen LogP contribution < -0.4 is 5.73 Å². The van der Waals surface area contributed by atoms with Crippen LogP contribution in [0.25, 0.3) is 0 Å². The second-order valence-corrected chi connectivity index (χ2v) is 6.28. The van der Waals surface area contributed by atoms with Crippen molar-refractivity contribution in [3.8, 4) is 0 Å². The quantitative estimate of drug-likeness (QED) is 0.836. The summed E-state index contributed by atoms with van der Waals surface area (Å²) >= 11 is 1.66. The summed E-state index contributed by atoms with van der Waals surface area (Å²) in [4.78, 5) is 1.05. The summed E-state index contributed by atoms with van der Waals surface area (Å²) < 4.78 is 12.9. The molecule has 0 saturated carbocycles. The van der Waals surface area contributed by atoms with E-state index in [-0.39, 0.29) is 11.9 Å². The van der Waals surface area contributed by atoms with E-state index in [0.717, 1.165) is 10.6 Å². The van der Waals surface area contributed by atoms with Crippen LogP contribution in [0.3, 0.4) is 0 Å². The number of hydrogen-bond donors (Lipinski definition) is 1. The number of halogens is 1. The Labute approximate surface area is 124 Å². The zero-order chi connectivity index (χ0) is 14.7. The van der Waals surface area contributed by atoms with Crippen LogP contribution in [0.1, 0.15) is 28.3 Å². The molecule has 0 amide bonds. The molecule has 106 valence electrons. The molecule has 0 spiro atoms. The summed E-state index contributed by atoms with van der Waals surface area (Å²) in [5.74, 6) is 0.583. The molecule has 0 aliphatic heterocycles. The molecule has 1 nitrogen and oxygen atoms in total. The third-order valence-corrected chi connectivity index (χ3v) is 4.48. The van der Waals surface area contributed by atoms with Crippen molar-refractivity contribution in [1.29, 1.82) is 0 Å². The Hall–Kier alpha value is -1.32. The minimum absolute atomic E-state index is 0.00865. The van der Waals surface area contributed by atoms with Gasteiger partial charge >= 0.3 is 0 Å². The lowest BCUT2D eigenvalue weighted by Gasteiger charge is -2.18. The summed E-state index contributed by atoms with van der Waals surface area (Å²) in [6, 6.07) is 10.9. The topological polar surface area (TPSA) is 26.0 Å². The van der Waals surface area contributed by atoms with E-state index in [2.05, 4.69) is 32.9 Å². The molecule has 0 aromatic heterocycles. The molecule has 1 unspecified atom stereocenters. The largest absolute Gasteiger partial charge is 0.323 e. The van der Waals surface area contributed by atoms with Crippen molar-refractivity contribution in [2.45, 2.75) is 31.7 Å². The molecule has 2 rings (SSSR count). The zero-order valence-corrected chi connectivity index (χ0v) is 12.9. The number of thioether (sulfide) groups is 1. The normalized spacial score (nSPS) is 12.4. The van der Waals surface area contributed by atoms with Gasteiger partial charge in [-0.15, -0.1) is 11.8 Å². The second-order valence-electron chi connectivity index (χ2n) is 5.18. The van der Waals surface area contributed by atoms with Gasteiger partial charge in [-0.3, -0.25) is 0 Å². The summed E-state index contributed by atoms with van der Waals surface area (Å²) in [5.41, 5.74) is 11.3. The molecule has 0 saturated heterocycles. The average Bonchev–Trinajstić information content (AvgIpc) is 2.37. The molecule has 1 atom stereocenters. The van der Waals surface area contributed by atoms with Gasteiger partial charge in [0.05, 0.1) is 0 Å². The van der Waals surface area contributed by atoms with E-state index in [4.69, 9.17) is 5.73 Å². The average molecular weight is 289 g/mol. The molecule has 0 aliphatic carbocycles. The van der Waals surface area contributed by atoms with Gasteiger partial charge in [0.15, 0.2) is 0 Å². The van der Waals surface area contributed by atoms with Crippen LogP contribution >= 0.6 is 11.8 Å². The van der Waals surface area contributed by atoms with Crippen molar-refractivity contribution >= 4 is 11.8 Å². The molecule has 0 bridgehead atoms. The van der Waals surface area contributed by atoms with Gasteiger partial charge in [-0.25, -0.2) is 4.39 Å². The maximum atomic E-state index is 12.9. The molecule has 0 aliphatic rings. The molecule has 20 heavy (non-hydrogen) atoms. The third kappa shape index (κ3) is 3.62. The Morgan fingerprint density at radius 1 is 1.05 bits per heavy atom. The predicted octanol–water partition coefficient (Wildman–Crippen LogP) is 4.54. The molecular weight excluding hydrogens is 269 g/mol. The Morgan fingerprint density at radius 2 is 1.60 bits per heavy atom. The van der Waals surface area contributed by atoms with E-state index < -0.39 is 0 Å². The van der Waals surface area contributed by atoms with Crippen molar-refractivity contribution in [1.82, 2.24) is 0 Å². The number of aryl methyl sites for hydroxylation is 3. The minimum Gasteiger partial charge on any atom is -0.323 e. The van der Waals surface area contributed by atoms with Crippen molar-refractivity contribution < 1.29 is 4.39 Å². The van der Waals surface area contributed by atoms with Gasteiger partial charge in [-0.1, -0.05) is 17.7 Å². The van der Waals surface area contributed by atoms with Crippen LogP contribution in [-0.2, 0) is 0 Å². The van der Waals surface area contributed by atoms with Crippen LogP contribution in [0.15, 0.2) is 41.3 Å². The number of nitrogens with two attached hydrogens (primary N) is 1. The lowest BCUT2D eigenvalue weighted by atomic mass is 9.95. The Kier molecular flexibility index (Phi) is 4.84. The lowest BCUT2D eigenvalue weighted by Crippen LogP contribution is -2.16. The summed E-state index contributed by atoms with van der Waals surface area (Å²) in [6.45, 7) is 6.32. The number of rotatable bonds is 4. The minimum atomic E-state index is -0.205. The van der Waals surface area contributed by atoms with E-state index in [0.29, 0.717) is 0 Å². The van der Waals surface area contributed by atoms with Gasteiger partial charge in [0, 0.05) is 16.7 Å². The van der Waals surface area contributed by atoms with E-state index in [1.54, 1.807) is 23.9 Å². The van der Waals surface area contributed by atoms with Crippen molar-refractivity contribution in [2.75, 3.05) is 5.75 Å². The Balaban J connectivity index is 2.09. The van der Waals surface area contributed by atoms with E-state index in [1.807, 2.05) is 0 Å². The van der Waals surface area contributed by atoms with Crippen molar-refractivity contribution in [3.63, 3.8) is 0 Å². The molecule has 2 aromatic rings. The molecule has 2 aromatic carbocycles. The second kappa shape index (κ2) is 6.42. The highest BCUT2D eigenvalue weighted by Crippen LogP contribution is 2.28. The summed E-state index contributed by atoms with van der Waals surface area (Å²) in [7, 11) is 0. The van der Waals surface area contributed by atoms with E-state index >= 15 is 0 Å². The van der Waals surface area contributed by atoms with Crippen molar-refractivity contribution in [2.24, 2.45) is 5.73 Å². The van der Waals surface area contributed by atoms with Gasteiger partial charge in [-0.2, -0.15) is 0 Å². The molecule has 0 fully saturated rings. The fraction of sp³-hybridized carbons (Fsp3) is 0.294. The van der Waals surface area contributed by atoms with Gasteiger partial charge in [0.1, 0.15) is 5.82 Å². The molecule has 0 radical (unpaired) electrons. The molecule has 2 N–H and O–H groups in total. The molecule has 0 heterocycles. The Morgan fingerprint density at radius 3 is 2.15 bits per heavy atom. The highest BCUT2D eigenvalue weighted by atomic mass is 32.2. The van der Waals surface area contributed by atoms with Crippen LogP contribution in [0.2, 0.25) is 0 Å². The van der Waals surface area contributed by atoms with Gasteiger partial charge in [-0.05, 0) is 61.7 Å². The standard InChI is InChI=1S/C17H20FNS/c1-11-8-12(2)17(13(3)9-11)16(19)10-20-15-6-4-14(18)5-7-15/h4-9,16H,10,19H2,1-3H3. The fourth-order valence-electron chi connectivity index (χ4n) is 2.58. The fourth-order valence-corrected chi connectivity index (χ4v) is 3.44. The molecule has 3 heteroatoms. The maximum Gasteiger partial charge on any atom is 0.123 e. The lowest BCUT2D eigenvalue weighted by molar-refractivity contribution is 0.626. The Bertz CT molecular complexity index is 569. The zero-order valence-electron chi connectivity index (χ0n) is 12.1. The number of benzene rings is 2. The number of hydrogen-bond acceptors (Lipinski definition) is 2. The first kappa shape index (κ1) is 15.1. The summed E-state index contributed by atoms with van der Waals surface area (Å²) in [6.07, 6.45) is 0. The smallest absolute Gasteiger partial charge is 0.123 e. The van der Waals surface area contributed by atoms with E-state index in [9.17, 15) is 4.39 Å². The predicted molar refractivity (Wildman–Crippen MR) is 84.7 cm³/mol. The van der Waals surface area contributed by atoms with Gasteiger partial charge < -0.3 is 5.73 Å². The highest BCUT2D eigenvalue weighted by molar-refractivity contribution is 7.99. The highest BCUT2D eigenvalue weighted by Gasteiger charge is 2.13. The first-order valence-corrected chi connectivity index (χ1v) is 7.67. The van der Waals surface area contributed by atoms with Gasteiger partial charge in [0.25, 0.3) is 0 Å². The molecular formula is C17H20FNS. The van der Waals surface area contributed by atoms with Crippen LogP contribution in [0.5, 0.6) is 0 Å². The van der Waals surface area contributed by atoms with E-state index in [1.165, 1.54) is 34.4 Å².